The van der Waals surface area contributed by atoms with E-state index in [9.17, 15) is 14.4 Å². The van der Waals surface area contributed by atoms with Gasteiger partial charge >= 0.3 is 17.8 Å². The van der Waals surface area contributed by atoms with Crippen LogP contribution in [0.1, 0.15) is 41.8 Å². The molecule has 0 unspecified atom stereocenters. The molecule has 0 saturated carbocycles. The lowest BCUT2D eigenvalue weighted by atomic mass is 10.1. The van der Waals surface area contributed by atoms with Crippen LogP contribution < -0.4 is 15.5 Å². The van der Waals surface area contributed by atoms with Gasteiger partial charge in [-0.3, -0.25) is 9.59 Å². The molecule has 0 saturated heterocycles. The Morgan fingerprint density at radius 3 is 2.52 bits per heavy atom. The van der Waals surface area contributed by atoms with Gasteiger partial charge in [0.2, 0.25) is 0 Å². The number of nitrogens with zero attached hydrogens (tertiary/aromatic N) is 1. The van der Waals surface area contributed by atoms with Crippen LogP contribution in [-0.4, -0.2) is 35.1 Å². The lowest BCUT2D eigenvalue weighted by molar-refractivity contribution is -0.139. The number of amides is 2. The van der Waals surface area contributed by atoms with E-state index < -0.39 is 17.8 Å². The van der Waals surface area contributed by atoms with Crippen molar-refractivity contribution < 1.29 is 24.2 Å². The number of aromatic carboxylic acids is 1. The molecule has 152 valence electrons. The van der Waals surface area contributed by atoms with Crippen molar-refractivity contribution >= 4 is 24.0 Å². The van der Waals surface area contributed by atoms with Crippen LogP contribution in [0.5, 0.6) is 5.75 Å². The standard InChI is InChI=1S/C21H23N3O5/c1-3-14(2)23-19(25)20(26)24-22-12-16-5-4-6-18(11-16)29-13-15-7-9-17(10-8-15)21(27)28/h4-12,14H,3,13H2,1-2H3,(H,23,25)(H,24,26)(H,27,28)/b22-12-/t14-/m1/s1. The van der Waals surface area contributed by atoms with Gasteiger partial charge in [-0.05, 0) is 48.7 Å². The summed E-state index contributed by atoms with van der Waals surface area (Å²) in [6.45, 7) is 3.98. The van der Waals surface area contributed by atoms with Gasteiger partial charge < -0.3 is 15.2 Å². The Bertz CT molecular complexity index is 893. The maximum atomic E-state index is 11.7. The number of nitrogens with one attached hydrogen (secondary N) is 2. The first-order valence-corrected chi connectivity index (χ1v) is 9.08. The molecule has 2 aromatic rings. The first-order valence-electron chi connectivity index (χ1n) is 9.08. The number of carboxylic acid groups (broad SMARTS) is 1. The molecule has 3 N–H and O–H groups in total. The van der Waals surface area contributed by atoms with Gasteiger partial charge in [0.1, 0.15) is 12.4 Å². The fourth-order valence-electron chi connectivity index (χ4n) is 2.20. The minimum Gasteiger partial charge on any atom is -0.489 e. The Balaban J connectivity index is 1.88. The fraction of sp³-hybridized carbons (Fsp3) is 0.238. The molecule has 0 aromatic heterocycles. The predicted molar refractivity (Wildman–Crippen MR) is 108 cm³/mol. The van der Waals surface area contributed by atoms with Crippen molar-refractivity contribution in [1.29, 1.82) is 0 Å². The highest BCUT2D eigenvalue weighted by Crippen LogP contribution is 2.14. The molecule has 0 fully saturated rings. The lowest BCUT2D eigenvalue weighted by Gasteiger charge is -2.09. The van der Waals surface area contributed by atoms with Crippen molar-refractivity contribution in [3.63, 3.8) is 0 Å². The summed E-state index contributed by atoms with van der Waals surface area (Å²) in [5.74, 6) is -1.97. The summed E-state index contributed by atoms with van der Waals surface area (Å²) in [5, 5.41) is 15.2. The zero-order chi connectivity index (χ0) is 21.2. The summed E-state index contributed by atoms with van der Waals surface area (Å²) in [7, 11) is 0. The molecule has 0 spiro atoms. The van der Waals surface area contributed by atoms with Crippen molar-refractivity contribution in [2.24, 2.45) is 5.10 Å². The molecule has 2 rings (SSSR count). The fourth-order valence-corrected chi connectivity index (χ4v) is 2.20. The predicted octanol–water partition coefficient (Wildman–Crippen LogP) is 2.33. The minimum absolute atomic E-state index is 0.0913. The zero-order valence-electron chi connectivity index (χ0n) is 16.2. The highest BCUT2D eigenvalue weighted by atomic mass is 16.5. The van der Waals surface area contributed by atoms with E-state index in [1.54, 1.807) is 43.3 Å². The number of carbonyl (C=O) groups is 3. The number of ether oxygens (including phenoxy) is 1. The van der Waals surface area contributed by atoms with Gasteiger partial charge in [0, 0.05) is 6.04 Å². The van der Waals surface area contributed by atoms with Gasteiger partial charge in [0.25, 0.3) is 0 Å². The molecular formula is C21H23N3O5. The van der Waals surface area contributed by atoms with Crippen LogP contribution >= 0.6 is 0 Å². The van der Waals surface area contributed by atoms with Crippen LogP contribution in [0.25, 0.3) is 0 Å². The first-order chi connectivity index (χ1) is 13.9. The molecule has 1 atom stereocenters. The lowest BCUT2D eigenvalue weighted by Crippen LogP contribution is -2.41. The van der Waals surface area contributed by atoms with E-state index in [2.05, 4.69) is 15.8 Å². The molecule has 0 bridgehead atoms. The maximum absolute atomic E-state index is 11.7. The smallest absolute Gasteiger partial charge is 0.335 e. The number of hydrogen-bond donors (Lipinski definition) is 3. The largest absolute Gasteiger partial charge is 0.489 e. The van der Waals surface area contributed by atoms with Crippen LogP contribution in [-0.2, 0) is 16.2 Å². The third-order valence-corrected chi connectivity index (χ3v) is 4.04. The molecule has 0 heterocycles. The quantitative estimate of drug-likeness (QED) is 0.359. The summed E-state index contributed by atoms with van der Waals surface area (Å²) >= 11 is 0. The van der Waals surface area contributed by atoms with Crippen molar-refractivity contribution in [2.75, 3.05) is 0 Å². The van der Waals surface area contributed by atoms with Crippen molar-refractivity contribution in [2.45, 2.75) is 32.9 Å². The van der Waals surface area contributed by atoms with E-state index in [1.807, 2.05) is 6.92 Å². The number of hydrazone groups is 1. The number of hydrogen-bond acceptors (Lipinski definition) is 5. The van der Waals surface area contributed by atoms with Crippen LogP contribution in [0, 0.1) is 0 Å². The van der Waals surface area contributed by atoms with E-state index in [-0.39, 0.29) is 18.2 Å². The Kier molecular flexibility index (Phi) is 7.90. The molecule has 2 amide bonds. The molecule has 0 aliphatic carbocycles. The van der Waals surface area contributed by atoms with E-state index in [4.69, 9.17) is 9.84 Å². The van der Waals surface area contributed by atoms with Gasteiger partial charge in [-0.15, -0.1) is 0 Å². The normalized spacial score (nSPS) is 11.7. The van der Waals surface area contributed by atoms with Crippen molar-refractivity contribution in [3.8, 4) is 5.75 Å². The molecule has 8 nitrogen and oxygen atoms in total. The van der Waals surface area contributed by atoms with Crippen LogP contribution in [0.2, 0.25) is 0 Å². The molecule has 0 aliphatic heterocycles. The second-order valence-electron chi connectivity index (χ2n) is 6.35. The monoisotopic (exact) mass is 397 g/mol. The molecule has 2 aromatic carbocycles. The number of carboxylic acids is 1. The van der Waals surface area contributed by atoms with Crippen molar-refractivity contribution in [1.82, 2.24) is 10.7 Å². The van der Waals surface area contributed by atoms with Crippen molar-refractivity contribution in [3.05, 3.63) is 65.2 Å². The number of benzene rings is 2. The SMILES string of the molecule is CC[C@@H](C)NC(=O)C(=O)N/N=C\c1cccc(OCc2ccc(C(=O)O)cc2)c1. The van der Waals surface area contributed by atoms with Crippen LogP contribution in [0.3, 0.4) is 0 Å². The average molecular weight is 397 g/mol. The Labute approximate surface area is 168 Å². The Morgan fingerprint density at radius 1 is 1.14 bits per heavy atom. The molecular weight excluding hydrogens is 374 g/mol. The van der Waals surface area contributed by atoms with Crippen LogP contribution in [0.15, 0.2) is 53.6 Å². The van der Waals surface area contributed by atoms with Gasteiger partial charge in [-0.2, -0.15) is 5.10 Å². The van der Waals surface area contributed by atoms with Gasteiger partial charge in [-0.25, -0.2) is 10.2 Å². The highest BCUT2D eigenvalue weighted by molar-refractivity contribution is 6.35. The summed E-state index contributed by atoms with van der Waals surface area (Å²) in [6, 6.07) is 13.3. The molecule has 0 aliphatic rings. The zero-order valence-corrected chi connectivity index (χ0v) is 16.2. The number of rotatable bonds is 8. The number of carbonyl (C=O) groups excluding carboxylic acids is 2. The second-order valence-corrected chi connectivity index (χ2v) is 6.35. The highest BCUT2D eigenvalue weighted by Gasteiger charge is 2.14. The third-order valence-electron chi connectivity index (χ3n) is 4.04. The van der Waals surface area contributed by atoms with E-state index in [1.165, 1.54) is 18.3 Å². The summed E-state index contributed by atoms with van der Waals surface area (Å²) in [6.07, 6.45) is 2.13. The van der Waals surface area contributed by atoms with Crippen LogP contribution in [0.4, 0.5) is 0 Å². The van der Waals surface area contributed by atoms with E-state index >= 15 is 0 Å². The average Bonchev–Trinajstić information content (AvgIpc) is 2.72. The Hall–Kier alpha value is -3.68. The summed E-state index contributed by atoms with van der Waals surface area (Å²) in [5.41, 5.74) is 3.90. The Morgan fingerprint density at radius 2 is 1.86 bits per heavy atom. The topological polar surface area (TPSA) is 117 Å². The van der Waals surface area contributed by atoms with Gasteiger partial charge in [0.05, 0.1) is 11.8 Å². The molecule has 0 radical (unpaired) electrons. The summed E-state index contributed by atoms with van der Waals surface area (Å²) in [4.78, 5) is 34.2. The first kappa shape index (κ1) is 21.6. The second kappa shape index (κ2) is 10.6. The van der Waals surface area contributed by atoms with E-state index in [0.29, 0.717) is 11.3 Å². The minimum atomic E-state index is -0.978. The van der Waals surface area contributed by atoms with E-state index in [0.717, 1.165) is 12.0 Å². The third kappa shape index (κ3) is 7.10. The summed E-state index contributed by atoms with van der Waals surface area (Å²) < 4.78 is 5.69. The maximum Gasteiger partial charge on any atom is 0.335 e. The molecule has 8 heteroatoms. The van der Waals surface area contributed by atoms with Gasteiger partial charge in [0.15, 0.2) is 0 Å². The molecule has 29 heavy (non-hydrogen) atoms. The van der Waals surface area contributed by atoms with Gasteiger partial charge in [-0.1, -0.05) is 31.2 Å².